The third-order valence-electron chi connectivity index (χ3n) is 2.64. The van der Waals surface area contributed by atoms with Gasteiger partial charge >= 0.3 is 5.82 Å². The first-order chi connectivity index (χ1) is 9.49. The molecule has 0 aromatic carbocycles. The molecule has 1 unspecified atom stereocenters. The van der Waals surface area contributed by atoms with Crippen LogP contribution in [0.15, 0.2) is 33.5 Å². The Morgan fingerprint density at radius 1 is 1.70 bits per heavy atom. The van der Waals surface area contributed by atoms with Gasteiger partial charge in [0.15, 0.2) is 0 Å². The molecule has 0 spiro atoms. The normalized spacial score (nSPS) is 12.1. The molecule has 0 aliphatic carbocycles. The van der Waals surface area contributed by atoms with Crippen molar-refractivity contribution in [3.05, 3.63) is 44.9 Å². The van der Waals surface area contributed by atoms with Gasteiger partial charge in [-0.3, -0.25) is 4.79 Å². The average Bonchev–Trinajstić information content (AvgIpc) is 3.04. The molecule has 9 heteroatoms. The highest BCUT2D eigenvalue weighted by Crippen LogP contribution is 2.24. The van der Waals surface area contributed by atoms with Crippen molar-refractivity contribution in [2.75, 3.05) is 0 Å². The first-order valence-electron chi connectivity index (χ1n) is 5.68. The number of amides is 1. The maximum absolute atomic E-state index is 11.9. The fraction of sp³-hybridized carbons (Fsp3) is 0.273. The van der Waals surface area contributed by atoms with E-state index in [0.717, 1.165) is 0 Å². The second kappa shape index (κ2) is 5.87. The van der Waals surface area contributed by atoms with Gasteiger partial charge < -0.3 is 19.8 Å². The Labute approximate surface area is 122 Å². The Bertz CT molecular complexity index is 622. The van der Waals surface area contributed by atoms with Crippen molar-refractivity contribution in [2.45, 2.75) is 19.5 Å². The van der Waals surface area contributed by atoms with E-state index in [1.54, 1.807) is 19.1 Å². The molecule has 2 aromatic heterocycles. The van der Waals surface area contributed by atoms with Gasteiger partial charge in [0.05, 0.1) is 24.1 Å². The number of halogens is 1. The molecule has 2 heterocycles. The minimum atomic E-state index is -0.671. The van der Waals surface area contributed by atoms with Crippen molar-refractivity contribution in [3.8, 4) is 0 Å². The molecule has 8 nitrogen and oxygen atoms in total. The number of hydrogen-bond acceptors (Lipinski definition) is 5. The van der Waals surface area contributed by atoms with Crippen molar-refractivity contribution in [1.82, 2.24) is 15.1 Å². The molecule has 2 rings (SSSR count). The van der Waals surface area contributed by atoms with E-state index in [9.17, 15) is 14.9 Å². The number of nitrogens with one attached hydrogen (secondary N) is 1. The molecular formula is C11H11BrN4O4. The van der Waals surface area contributed by atoms with Crippen LogP contribution in [0.5, 0.6) is 0 Å². The number of furan rings is 1. The lowest BCUT2D eigenvalue weighted by molar-refractivity contribution is -0.390. The van der Waals surface area contributed by atoms with Crippen molar-refractivity contribution >= 4 is 27.7 Å². The molecular weight excluding hydrogens is 332 g/mol. The van der Waals surface area contributed by atoms with Gasteiger partial charge in [-0.1, -0.05) is 0 Å². The van der Waals surface area contributed by atoms with Crippen LogP contribution in [0.2, 0.25) is 0 Å². The summed E-state index contributed by atoms with van der Waals surface area (Å²) in [5.74, 6) is -0.0137. The van der Waals surface area contributed by atoms with Crippen LogP contribution in [0.1, 0.15) is 18.7 Å². The van der Waals surface area contributed by atoms with E-state index in [0.29, 0.717) is 5.76 Å². The Morgan fingerprint density at radius 3 is 3.00 bits per heavy atom. The second-order valence-electron chi connectivity index (χ2n) is 4.01. The van der Waals surface area contributed by atoms with Crippen molar-refractivity contribution in [1.29, 1.82) is 0 Å². The average molecular weight is 343 g/mol. The minimum absolute atomic E-state index is 0.230. The Morgan fingerprint density at radius 2 is 2.45 bits per heavy atom. The van der Waals surface area contributed by atoms with Gasteiger partial charge in [-0.25, -0.2) is 0 Å². The Balaban J connectivity index is 2.03. The minimum Gasteiger partial charge on any atom is -0.467 e. The van der Waals surface area contributed by atoms with Gasteiger partial charge in [0.2, 0.25) is 5.91 Å². The van der Waals surface area contributed by atoms with Gasteiger partial charge in [0, 0.05) is 0 Å². The summed E-state index contributed by atoms with van der Waals surface area (Å²) in [4.78, 5) is 22.0. The summed E-state index contributed by atoms with van der Waals surface area (Å²) in [6, 6.07) is 2.79. The van der Waals surface area contributed by atoms with Crippen LogP contribution in [0, 0.1) is 10.1 Å². The molecule has 20 heavy (non-hydrogen) atoms. The standard InChI is InChI=1S/C11H11BrN4O4/c1-7(11(17)13-5-8-3-2-4-20-8)15-6-9(12)10(14-15)16(18)19/h2-4,6-7H,5H2,1H3,(H,13,17). The molecule has 106 valence electrons. The molecule has 0 bridgehead atoms. The quantitative estimate of drug-likeness (QED) is 0.661. The molecule has 2 aromatic rings. The zero-order valence-corrected chi connectivity index (χ0v) is 12.0. The van der Waals surface area contributed by atoms with Crippen LogP contribution in [-0.4, -0.2) is 20.6 Å². The summed E-state index contributed by atoms with van der Waals surface area (Å²) < 4.78 is 6.56. The second-order valence-corrected chi connectivity index (χ2v) is 4.87. The molecule has 1 atom stereocenters. The molecule has 0 aliphatic rings. The molecule has 1 N–H and O–H groups in total. The molecule has 1 amide bonds. The number of carbonyl (C=O) groups is 1. The smallest absolute Gasteiger partial charge is 0.404 e. The molecule has 0 aliphatic heterocycles. The third kappa shape index (κ3) is 3.05. The van der Waals surface area contributed by atoms with Gasteiger partial charge in [-0.05, 0) is 39.9 Å². The van der Waals surface area contributed by atoms with Gasteiger partial charge in [0.1, 0.15) is 16.3 Å². The van der Waals surface area contributed by atoms with Crippen LogP contribution in [0.25, 0.3) is 0 Å². The highest BCUT2D eigenvalue weighted by atomic mass is 79.9. The van der Waals surface area contributed by atoms with Crippen LogP contribution < -0.4 is 5.32 Å². The third-order valence-corrected chi connectivity index (χ3v) is 3.19. The Hall–Kier alpha value is -2.16. The summed E-state index contributed by atoms with van der Waals surface area (Å²) >= 11 is 3.03. The topological polar surface area (TPSA) is 103 Å². The predicted octanol–water partition coefficient (Wildman–Crippen LogP) is 2.02. The summed E-state index contributed by atoms with van der Waals surface area (Å²) in [6.45, 7) is 1.85. The van der Waals surface area contributed by atoms with Crippen LogP contribution >= 0.6 is 15.9 Å². The van der Waals surface area contributed by atoms with E-state index in [1.165, 1.54) is 17.1 Å². The number of carbonyl (C=O) groups excluding carboxylic acids is 1. The molecule has 0 saturated heterocycles. The monoisotopic (exact) mass is 342 g/mol. The largest absolute Gasteiger partial charge is 0.467 e. The maximum Gasteiger partial charge on any atom is 0.404 e. The first-order valence-corrected chi connectivity index (χ1v) is 6.47. The van der Waals surface area contributed by atoms with Gasteiger partial charge in [-0.15, -0.1) is 0 Å². The molecule has 0 fully saturated rings. The molecule has 0 radical (unpaired) electrons. The SMILES string of the molecule is CC(C(=O)NCc1ccco1)n1cc(Br)c([N+](=O)[O-])n1. The van der Waals surface area contributed by atoms with Crippen LogP contribution in [0.3, 0.4) is 0 Å². The van der Waals surface area contributed by atoms with Gasteiger partial charge in [-0.2, -0.15) is 4.68 Å². The molecule has 0 saturated carbocycles. The van der Waals surface area contributed by atoms with E-state index >= 15 is 0 Å². The van der Waals surface area contributed by atoms with Crippen LogP contribution in [-0.2, 0) is 11.3 Å². The fourth-order valence-electron chi connectivity index (χ4n) is 1.54. The fourth-order valence-corrected chi connectivity index (χ4v) is 1.97. The highest BCUT2D eigenvalue weighted by Gasteiger charge is 2.25. The van der Waals surface area contributed by atoms with Gasteiger partial charge in [0.25, 0.3) is 0 Å². The van der Waals surface area contributed by atoms with Crippen molar-refractivity contribution < 1.29 is 14.1 Å². The van der Waals surface area contributed by atoms with Crippen molar-refractivity contribution in [3.63, 3.8) is 0 Å². The van der Waals surface area contributed by atoms with E-state index in [2.05, 4.69) is 26.3 Å². The van der Waals surface area contributed by atoms with Crippen LogP contribution in [0.4, 0.5) is 5.82 Å². The lowest BCUT2D eigenvalue weighted by atomic mass is 10.3. The lowest BCUT2D eigenvalue weighted by Crippen LogP contribution is -2.30. The van der Waals surface area contributed by atoms with E-state index in [4.69, 9.17) is 4.42 Å². The number of aromatic nitrogens is 2. The summed E-state index contributed by atoms with van der Waals surface area (Å²) in [5, 5.41) is 17.1. The number of nitrogens with zero attached hydrogens (tertiary/aromatic N) is 3. The Kier molecular flexibility index (Phi) is 4.18. The predicted molar refractivity (Wildman–Crippen MR) is 71.8 cm³/mol. The summed E-state index contributed by atoms with van der Waals surface area (Å²) in [6.07, 6.45) is 2.91. The number of hydrogen-bond donors (Lipinski definition) is 1. The first kappa shape index (κ1) is 14.3. The lowest BCUT2D eigenvalue weighted by Gasteiger charge is -2.08. The summed E-state index contributed by atoms with van der Waals surface area (Å²) in [5.41, 5.74) is 0. The highest BCUT2D eigenvalue weighted by molar-refractivity contribution is 9.10. The number of rotatable bonds is 5. The zero-order chi connectivity index (χ0) is 14.7. The maximum atomic E-state index is 11.9. The van der Waals surface area contributed by atoms with E-state index < -0.39 is 11.0 Å². The zero-order valence-electron chi connectivity index (χ0n) is 10.4. The van der Waals surface area contributed by atoms with Crippen molar-refractivity contribution in [2.24, 2.45) is 0 Å². The van der Waals surface area contributed by atoms with E-state index in [1.807, 2.05) is 0 Å². The number of nitro groups is 1. The summed E-state index contributed by atoms with van der Waals surface area (Å²) in [7, 11) is 0. The van der Waals surface area contributed by atoms with E-state index in [-0.39, 0.29) is 22.7 Å².